The Balaban J connectivity index is 2.17. The highest BCUT2D eigenvalue weighted by atomic mass is 32.2. The summed E-state index contributed by atoms with van der Waals surface area (Å²) in [7, 11) is -3.81. The zero-order valence-electron chi connectivity index (χ0n) is 11.1. The molecule has 0 saturated carbocycles. The molecule has 0 spiro atoms. The SMILES string of the molecule is NC(=O)C1Cc2ccccc2N1S(=O)(=O)c1ccccc1. The minimum atomic E-state index is -3.81. The standard InChI is InChI=1S/C15H14N2O3S/c16-15(18)14-10-11-6-4-5-9-13(11)17(14)21(19,20)12-7-2-1-3-8-12/h1-9,14H,10H2,(H2,16,18). The number of nitrogens with zero attached hydrogens (tertiary/aromatic N) is 1. The van der Waals surface area contributed by atoms with Crippen LogP contribution in [0.5, 0.6) is 0 Å². The van der Waals surface area contributed by atoms with Crippen LogP contribution in [0.25, 0.3) is 0 Å². The van der Waals surface area contributed by atoms with Crippen molar-refractivity contribution in [3.63, 3.8) is 0 Å². The van der Waals surface area contributed by atoms with E-state index in [1.54, 1.807) is 30.3 Å². The number of nitrogens with two attached hydrogens (primary N) is 1. The summed E-state index contributed by atoms with van der Waals surface area (Å²) in [5.74, 6) is -0.647. The van der Waals surface area contributed by atoms with E-state index in [-0.39, 0.29) is 4.90 Å². The fourth-order valence-corrected chi connectivity index (χ4v) is 4.26. The van der Waals surface area contributed by atoms with E-state index in [9.17, 15) is 13.2 Å². The molecule has 0 aliphatic carbocycles. The van der Waals surface area contributed by atoms with E-state index in [2.05, 4.69) is 0 Å². The minimum Gasteiger partial charge on any atom is -0.368 e. The first-order valence-corrected chi connectivity index (χ1v) is 7.92. The van der Waals surface area contributed by atoms with Crippen molar-refractivity contribution in [2.24, 2.45) is 5.73 Å². The van der Waals surface area contributed by atoms with Gasteiger partial charge in [0, 0.05) is 6.42 Å². The van der Waals surface area contributed by atoms with Crippen molar-refractivity contribution in [2.75, 3.05) is 4.31 Å². The van der Waals surface area contributed by atoms with Crippen LogP contribution in [-0.4, -0.2) is 20.4 Å². The van der Waals surface area contributed by atoms with E-state index in [0.717, 1.165) is 9.87 Å². The van der Waals surface area contributed by atoms with Crippen molar-refractivity contribution in [1.82, 2.24) is 0 Å². The largest absolute Gasteiger partial charge is 0.368 e. The minimum absolute atomic E-state index is 0.146. The number of benzene rings is 2. The van der Waals surface area contributed by atoms with Gasteiger partial charge in [0.1, 0.15) is 6.04 Å². The predicted molar refractivity (Wildman–Crippen MR) is 79.2 cm³/mol. The Labute approximate surface area is 123 Å². The number of rotatable bonds is 3. The smallest absolute Gasteiger partial charge is 0.265 e. The van der Waals surface area contributed by atoms with E-state index < -0.39 is 22.0 Å². The van der Waals surface area contributed by atoms with Crippen molar-refractivity contribution in [2.45, 2.75) is 17.4 Å². The highest BCUT2D eigenvalue weighted by Crippen LogP contribution is 2.36. The Morgan fingerprint density at radius 1 is 1.05 bits per heavy atom. The van der Waals surface area contributed by atoms with Crippen molar-refractivity contribution in [1.29, 1.82) is 0 Å². The second-order valence-corrected chi connectivity index (χ2v) is 6.68. The molecule has 3 rings (SSSR count). The number of para-hydroxylation sites is 1. The molecular formula is C15H14N2O3S. The molecule has 0 saturated heterocycles. The molecular weight excluding hydrogens is 288 g/mol. The van der Waals surface area contributed by atoms with E-state index in [1.807, 2.05) is 12.1 Å². The number of fused-ring (bicyclic) bond motifs is 1. The molecule has 2 aromatic carbocycles. The molecule has 0 radical (unpaired) electrons. The Morgan fingerprint density at radius 2 is 1.67 bits per heavy atom. The van der Waals surface area contributed by atoms with E-state index in [0.29, 0.717) is 12.1 Å². The van der Waals surface area contributed by atoms with Gasteiger partial charge in [-0.3, -0.25) is 9.10 Å². The number of hydrogen-bond donors (Lipinski definition) is 1. The lowest BCUT2D eigenvalue weighted by Crippen LogP contribution is -2.45. The number of carbonyl (C=O) groups excluding carboxylic acids is 1. The zero-order valence-corrected chi connectivity index (χ0v) is 12.0. The lowest BCUT2D eigenvalue weighted by Gasteiger charge is -2.24. The van der Waals surface area contributed by atoms with Crippen LogP contribution in [0.15, 0.2) is 59.5 Å². The van der Waals surface area contributed by atoms with E-state index in [4.69, 9.17) is 5.73 Å². The second kappa shape index (κ2) is 4.89. The summed E-state index contributed by atoms with van der Waals surface area (Å²) in [4.78, 5) is 11.8. The summed E-state index contributed by atoms with van der Waals surface area (Å²) in [6.07, 6.45) is 0.303. The summed E-state index contributed by atoms with van der Waals surface area (Å²) < 4.78 is 26.8. The molecule has 6 heteroatoms. The zero-order chi connectivity index (χ0) is 15.0. The average Bonchev–Trinajstić information content (AvgIpc) is 2.88. The van der Waals surface area contributed by atoms with Gasteiger partial charge in [-0.2, -0.15) is 0 Å². The lowest BCUT2D eigenvalue weighted by atomic mass is 10.1. The number of sulfonamides is 1. The number of anilines is 1. The highest BCUT2D eigenvalue weighted by molar-refractivity contribution is 7.93. The number of hydrogen-bond acceptors (Lipinski definition) is 3. The van der Waals surface area contributed by atoms with Gasteiger partial charge >= 0.3 is 0 Å². The molecule has 2 N–H and O–H groups in total. The predicted octanol–water partition coefficient (Wildman–Crippen LogP) is 1.29. The van der Waals surface area contributed by atoms with Crippen molar-refractivity contribution in [3.05, 3.63) is 60.2 Å². The fourth-order valence-electron chi connectivity index (χ4n) is 2.58. The molecule has 5 nitrogen and oxygen atoms in total. The Hall–Kier alpha value is -2.34. The molecule has 108 valence electrons. The molecule has 1 aliphatic rings. The molecule has 0 aromatic heterocycles. The maximum Gasteiger partial charge on any atom is 0.265 e. The van der Waals surface area contributed by atoms with Crippen LogP contribution >= 0.6 is 0 Å². The summed E-state index contributed by atoms with van der Waals surface area (Å²) in [5, 5.41) is 0. The van der Waals surface area contributed by atoms with Crippen LogP contribution in [0.1, 0.15) is 5.56 Å². The first-order chi connectivity index (χ1) is 10.0. The maximum atomic E-state index is 12.8. The molecule has 0 bridgehead atoms. The van der Waals surface area contributed by atoms with Crippen molar-refractivity contribution in [3.8, 4) is 0 Å². The Bertz CT molecular complexity index is 788. The normalized spacial score (nSPS) is 17.5. The van der Waals surface area contributed by atoms with Crippen molar-refractivity contribution < 1.29 is 13.2 Å². The lowest BCUT2D eigenvalue weighted by molar-refractivity contribution is -0.118. The molecule has 1 amide bonds. The van der Waals surface area contributed by atoms with Gasteiger partial charge in [-0.15, -0.1) is 0 Å². The third kappa shape index (κ3) is 2.17. The number of amides is 1. The molecule has 1 atom stereocenters. The average molecular weight is 302 g/mol. The molecule has 1 heterocycles. The topological polar surface area (TPSA) is 80.5 Å². The van der Waals surface area contributed by atoms with Crippen LogP contribution in [0.2, 0.25) is 0 Å². The molecule has 1 unspecified atom stereocenters. The fraction of sp³-hybridized carbons (Fsp3) is 0.133. The number of carbonyl (C=O) groups is 1. The highest BCUT2D eigenvalue weighted by Gasteiger charge is 2.41. The van der Waals surface area contributed by atoms with Gasteiger partial charge in [-0.1, -0.05) is 36.4 Å². The summed E-state index contributed by atoms with van der Waals surface area (Å²) in [6, 6.07) is 14.2. The van der Waals surface area contributed by atoms with Gasteiger partial charge in [0.2, 0.25) is 5.91 Å². The van der Waals surface area contributed by atoms with Crippen LogP contribution in [0.4, 0.5) is 5.69 Å². The van der Waals surface area contributed by atoms with Gasteiger partial charge in [0.25, 0.3) is 10.0 Å². The Morgan fingerprint density at radius 3 is 2.33 bits per heavy atom. The van der Waals surface area contributed by atoms with E-state index >= 15 is 0 Å². The molecule has 0 fully saturated rings. The second-order valence-electron chi connectivity index (χ2n) is 4.86. The summed E-state index contributed by atoms with van der Waals surface area (Å²) in [6.45, 7) is 0. The number of primary amides is 1. The van der Waals surface area contributed by atoms with Crippen LogP contribution in [-0.2, 0) is 21.2 Å². The molecule has 21 heavy (non-hydrogen) atoms. The first-order valence-electron chi connectivity index (χ1n) is 6.48. The van der Waals surface area contributed by atoms with Crippen LogP contribution < -0.4 is 10.0 Å². The van der Waals surface area contributed by atoms with Crippen LogP contribution in [0, 0.1) is 0 Å². The third-order valence-electron chi connectivity index (χ3n) is 3.55. The summed E-state index contributed by atoms with van der Waals surface area (Å²) in [5.41, 5.74) is 6.72. The van der Waals surface area contributed by atoms with Gasteiger partial charge in [0.15, 0.2) is 0 Å². The van der Waals surface area contributed by atoms with E-state index in [1.165, 1.54) is 12.1 Å². The van der Waals surface area contributed by atoms with Crippen molar-refractivity contribution >= 4 is 21.6 Å². The van der Waals surface area contributed by atoms with Gasteiger partial charge in [-0.25, -0.2) is 8.42 Å². The monoisotopic (exact) mass is 302 g/mol. The summed E-state index contributed by atoms with van der Waals surface area (Å²) >= 11 is 0. The first kappa shape index (κ1) is 13.6. The maximum absolute atomic E-state index is 12.8. The van der Waals surface area contributed by atoms with Crippen LogP contribution in [0.3, 0.4) is 0 Å². The van der Waals surface area contributed by atoms with Gasteiger partial charge in [-0.05, 0) is 23.8 Å². The molecule has 2 aromatic rings. The molecule has 1 aliphatic heterocycles. The Kier molecular flexibility index (Phi) is 3.17. The quantitative estimate of drug-likeness (QED) is 0.927. The van der Waals surface area contributed by atoms with Gasteiger partial charge < -0.3 is 5.73 Å². The third-order valence-corrected chi connectivity index (χ3v) is 5.39. The van der Waals surface area contributed by atoms with Gasteiger partial charge in [0.05, 0.1) is 10.6 Å².